The highest BCUT2D eigenvalue weighted by molar-refractivity contribution is 5.52. The van der Waals surface area contributed by atoms with Crippen LogP contribution in [0.3, 0.4) is 0 Å². The summed E-state index contributed by atoms with van der Waals surface area (Å²) in [5.74, 6) is 0.735. The standard InChI is InChI=1S/C14H21N/c1-11(2)14(3)9-8-12-6-4-5-7-13(12)15-10-14/h4-7,11,15H,8-10H2,1-3H3. The molecule has 0 radical (unpaired) electrons. The fourth-order valence-electron chi connectivity index (χ4n) is 2.21. The van der Waals surface area contributed by atoms with E-state index < -0.39 is 0 Å². The van der Waals surface area contributed by atoms with Crippen LogP contribution in [-0.2, 0) is 6.42 Å². The molecule has 15 heavy (non-hydrogen) atoms. The van der Waals surface area contributed by atoms with Crippen LogP contribution in [0, 0.1) is 11.3 Å². The molecule has 0 spiro atoms. The molecular formula is C14H21N. The van der Waals surface area contributed by atoms with Crippen molar-refractivity contribution in [3.05, 3.63) is 29.8 Å². The lowest BCUT2D eigenvalue weighted by Crippen LogP contribution is -2.30. The van der Waals surface area contributed by atoms with Crippen molar-refractivity contribution < 1.29 is 0 Å². The summed E-state index contributed by atoms with van der Waals surface area (Å²) in [4.78, 5) is 0. The van der Waals surface area contributed by atoms with Crippen LogP contribution in [0.25, 0.3) is 0 Å². The zero-order valence-electron chi connectivity index (χ0n) is 10.0. The second-order valence-corrected chi connectivity index (χ2v) is 5.32. The normalized spacial score (nSPS) is 25.6. The molecule has 1 aliphatic heterocycles. The number of rotatable bonds is 1. The molecule has 1 N–H and O–H groups in total. The second kappa shape index (κ2) is 3.88. The summed E-state index contributed by atoms with van der Waals surface area (Å²) in [6.07, 6.45) is 2.49. The van der Waals surface area contributed by atoms with E-state index in [4.69, 9.17) is 0 Å². The fourth-order valence-corrected chi connectivity index (χ4v) is 2.21. The van der Waals surface area contributed by atoms with Gasteiger partial charge in [-0.3, -0.25) is 0 Å². The molecule has 1 aromatic carbocycles. The maximum atomic E-state index is 3.60. The van der Waals surface area contributed by atoms with Gasteiger partial charge in [0.15, 0.2) is 0 Å². The predicted octanol–water partition coefficient (Wildman–Crippen LogP) is 3.71. The van der Waals surface area contributed by atoms with E-state index in [1.54, 1.807) is 0 Å². The van der Waals surface area contributed by atoms with E-state index in [1.807, 2.05) is 0 Å². The van der Waals surface area contributed by atoms with E-state index in [-0.39, 0.29) is 0 Å². The van der Waals surface area contributed by atoms with Crippen molar-refractivity contribution >= 4 is 5.69 Å². The molecule has 0 saturated heterocycles. The molecule has 1 aliphatic rings. The van der Waals surface area contributed by atoms with Crippen molar-refractivity contribution in [3.8, 4) is 0 Å². The molecule has 1 aromatic rings. The Balaban J connectivity index is 2.22. The summed E-state index contributed by atoms with van der Waals surface area (Å²) in [5, 5.41) is 3.60. The first-order valence-electron chi connectivity index (χ1n) is 5.93. The summed E-state index contributed by atoms with van der Waals surface area (Å²) in [6, 6.07) is 8.69. The average Bonchev–Trinajstić information content (AvgIpc) is 2.40. The fraction of sp³-hybridized carbons (Fsp3) is 0.571. The smallest absolute Gasteiger partial charge is 0.0372 e. The van der Waals surface area contributed by atoms with Gasteiger partial charge in [0.05, 0.1) is 0 Å². The highest BCUT2D eigenvalue weighted by Crippen LogP contribution is 2.36. The molecule has 1 atom stereocenters. The lowest BCUT2D eigenvalue weighted by atomic mass is 9.75. The molecule has 1 nitrogen and oxygen atoms in total. The van der Waals surface area contributed by atoms with Gasteiger partial charge in [-0.15, -0.1) is 0 Å². The minimum absolute atomic E-state index is 0.430. The van der Waals surface area contributed by atoms with Crippen LogP contribution in [0.5, 0.6) is 0 Å². The average molecular weight is 203 g/mol. The molecule has 1 unspecified atom stereocenters. The Morgan fingerprint density at radius 3 is 2.73 bits per heavy atom. The topological polar surface area (TPSA) is 12.0 Å². The van der Waals surface area contributed by atoms with Crippen molar-refractivity contribution in [1.82, 2.24) is 0 Å². The van der Waals surface area contributed by atoms with Gasteiger partial charge in [-0.25, -0.2) is 0 Å². The summed E-state index contributed by atoms with van der Waals surface area (Å²) in [5.41, 5.74) is 3.24. The lowest BCUT2D eigenvalue weighted by molar-refractivity contribution is 0.221. The van der Waals surface area contributed by atoms with Crippen molar-refractivity contribution in [2.45, 2.75) is 33.6 Å². The van der Waals surface area contributed by atoms with Gasteiger partial charge in [0.1, 0.15) is 0 Å². The molecule has 0 fully saturated rings. The van der Waals surface area contributed by atoms with Crippen molar-refractivity contribution in [2.75, 3.05) is 11.9 Å². The number of fused-ring (bicyclic) bond motifs is 1. The van der Waals surface area contributed by atoms with Crippen molar-refractivity contribution in [2.24, 2.45) is 11.3 Å². The van der Waals surface area contributed by atoms with E-state index in [9.17, 15) is 0 Å². The Labute approximate surface area is 92.9 Å². The van der Waals surface area contributed by atoms with Crippen LogP contribution in [0.2, 0.25) is 0 Å². The molecular weight excluding hydrogens is 182 g/mol. The third kappa shape index (κ3) is 2.01. The van der Waals surface area contributed by atoms with Gasteiger partial charge in [0.2, 0.25) is 0 Å². The van der Waals surface area contributed by atoms with Crippen LogP contribution in [0.4, 0.5) is 5.69 Å². The van der Waals surface area contributed by atoms with E-state index >= 15 is 0 Å². The SMILES string of the molecule is CC(C)C1(C)CCc2ccccc2NC1. The molecule has 0 aliphatic carbocycles. The Morgan fingerprint density at radius 1 is 1.27 bits per heavy atom. The van der Waals surface area contributed by atoms with E-state index in [0.29, 0.717) is 5.41 Å². The quantitative estimate of drug-likeness (QED) is 0.733. The number of para-hydroxylation sites is 1. The first-order chi connectivity index (χ1) is 7.12. The summed E-state index contributed by atoms with van der Waals surface area (Å²) >= 11 is 0. The molecule has 0 amide bonds. The zero-order valence-corrected chi connectivity index (χ0v) is 10.0. The number of anilines is 1. The maximum Gasteiger partial charge on any atom is 0.0372 e. The van der Waals surface area contributed by atoms with Crippen LogP contribution < -0.4 is 5.32 Å². The first-order valence-corrected chi connectivity index (χ1v) is 5.93. The lowest BCUT2D eigenvalue weighted by Gasteiger charge is -2.32. The minimum atomic E-state index is 0.430. The summed E-state index contributed by atoms with van der Waals surface area (Å²) < 4.78 is 0. The van der Waals surface area contributed by atoms with Gasteiger partial charge >= 0.3 is 0 Å². The number of benzene rings is 1. The van der Waals surface area contributed by atoms with Gasteiger partial charge in [0, 0.05) is 12.2 Å². The van der Waals surface area contributed by atoms with Crippen LogP contribution in [0.1, 0.15) is 32.8 Å². The third-order valence-corrected chi connectivity index (χ3v) is 4.06. The highest BCUT2D eigenvalue weighted by Gasteiger charge is 2.30. The van der Waals surface area contributed by atoms with E-state index in [0.717, 1.165) is 12.5 Å². The first kappa shape index (κ1) is 10.5. The maximum absolute atomic E-state index is 3.60. The Bertz CT molecular complexity index is 314. The molecule has 2 rings (SSSR count). The zero-order chi connectivity index (χ0) is 10.9. The van der Waals surface area contributed by atoms with Crippen LogP contribution in [0.15, 0.2) is 24.3 Å². The molecule has 0 saturated carbocycles. The third-order valence-electron chi connectivity index (χ3n) is 4.06. The monoisotopic (exact) mass is 203 g/mol. The van der Waals surface area contributed by atoms with Crippen molar-refractivity contribution in [1.29, 1.82) is 0 Å². The van der Waals surface area contributed by atoms with Crippen molar-refractivity contribution in [3.63, 3.8) is 0 Å². The number of hydrogen-bond donors (Lipinski definition) is 1. The van der Waals surface area contributed by atoms with E-state index in [2.05, 4.69) is 50.4 Å². The predicted molar refractivity (Wildman–Crippen MR) is 66.2 cm³/mol. The summed E-state index contributed by atoms with van der Waals surface area (Å²) in [7, 11) is 0. The Morgan fingerprint density at radius 2 is 2.00 bits per heavy atom. The molecule has 0 aromatic heterocycles. The second-order valence-electron chi connectivity index (χ2n) is 5.32. The Hall–Kier alpha value is -0.980. The molecule has 1 heterocycles. The van der Waals surface area contributed by atoms with Gasteiger partial charge < -0.3 is 5.32 Å². The largest absolute Gasteiger partial charge is 0.384 e. The van der Waals surface area contributed by atoms with E-state index in [1.165, 1.54) is 24.1 Å². The number of aryl methyl sites for hydroxylation is 1. The molecule has 1 heteroatoms. The highest BCUT2D eigenvalue weighted by atomic mass is 14.9. The van der Waals surface area contributed by atoms with Crippen LogP contribution >= 0.6 is 0 Å². The number of hydrogen-bond acceptors (Lipinski definition) is 1. The number of nitrogens with one attached hydrogen (secondary N) is 1. The van der Waals surface area contributed by atoms with Gasteiger partial charge in [-0.1, -0.05) is 39.0 Å². The van der Waals surface area contributed by atoms with Crippen LogP contribution in [-0.4, -0.2) is 6.54 Å². The van der Waals surface area contributed by atoms with Gasteiger partial charge in [0.25, 0.3) is 0 Å². The summed E-state index contributed by atoms with van der Waals surface area (Å²) in [6.45, 7) is 8.16. The molecule has 82 valence electrons. The molecule has 0 bridgehead atoms. The van der Waals surface area contributed by atoms with Gasteiger partial charge in [-0.05, 0) is 35.8 Å². The Kier molecular flexibility index (Phi) is 2.72. The minimum Gasteiger partial charge on any atom is -0.384 e. The van der Waals surface area contributed by atoms with Gasteiger partial charge in [-0.2, -0.15) is 0 Å².